The first-order valence-corrected chi connectivity index (χ1v) is 7.10. The second kappa shape index (κ2) is 5.28. The molecular formula is C18H14O5. The molecule has 116 valence electrons. The number of hydrogen-bond donors (Lipinski definition) is 1. The summed E-state index contributed by atoms with van der Waals surface area (Å²) >= 11 is 0. The Morgan fingerprint density at radius 3 is 2.74 bits per heavy atom. The maximum atomic E-state index is 10.00. The SMILES string of the molecule is COc1cc(/C=C/c2cc(O)c3ccoc3c2)cc2c1OCO2. The molecule has 0 atom stereocenters. The lowest BCUT2D eigenvalue weighted by Crippen LogP contribution is -1.93. The topological polar surface area (TPSA) is 61.1 Å². The molecule has 1 aliphatic rings. The van der Waals surface area contributed by atoms with E-state index in [1.807, 2.05) is 30.4 Å². The van der Waals surface area contributed by atoms with Crippen LogP contribution in [0.4, 0.5) is 0 Å². The number of benzene rings is 2. The minimum atomic E-state index is 0.194. The van der Waals surface area contributed by atoms with E-state index in [0.717, 1.165) is 11.1 Å². The van der Waals surface area contributed by atoms with Gasteiger partial charge in [-0.15, -0.1) is 0 Å². The van der Waals surface area contributed by atoms with Gasteiger partial charge in [0.15, 0.2) is 11.5 Å². The summed E-state index contributed by atoms with van der Waals surface area (Å²) in [6, 6.07) is 9.05. The van der Waals surface area contributed by atoms with E-state index < -0.39 is 0 Å². The molecule has 0 saturated carbocycles. The van der Waals surface area contributed by atoms with Crippen LogP contribution in [0.2, 0.25) is 0 Å². The third-order valence-electron chi connectivity index (χ3n) is 3.72. The molecule has 0 radical (unpaired) electrons. The van der Waals surface area contributed by atoms with Crippen molar-refractivity contribution in [1.82, 2.24) is 0 Å². The number of hydrogen-bond acceptors (Lipinski definition) is 5. The van der Waals surface area contributed by atoms with Crippen LogP contribution in [0.25, 0.3) is 23.1 Å². The smallest absolute Gasteiger partial charge is 0.231 e. The van der Waals surface area contributed by atoms with Gasteiger partial charge in [0.1, 0.15) is 11.3 Å². The minimum Gasteiger partial charge on any atom is -0.507 e. The molecule has 1 aliphatic heterocycles. The highest BCUT2D eigenvalue weighted by molar-refractivity contribution is 5.87. The highest BCUT2D eigenvalue weighted by Crippen LogP contribution is 2.42. The largest absolute Gasteiger partial charge is 0.507 e. The third-order valence-corrected chi connectivity index (χ3v) is 3.72. The van der Waals surface area contributed by atoms with E-state index in [1.54, 1.807) is 25.5 Å². The molecule has 0 unspecified atom stereocenters. The number of rotatable bonds is 3. The maximum absolute atomic E-state index is 10.00. The van der Waals surface area contributed by atoms with Gasteiger partial charge in [0.25, 0.3) is 0 Å². The van der Waals surface area contributed by atoms with Gasteiger partial charge in [-0.2, -0.15) is 0 Å². The second-order valence-corrected chi connectivity index (χ2v) is 5.16. The Kier molecular flexibility index (Phi) is 3.12. The predicted molar refractivity (Wildman–Crippen MR) is 85.9 cm³/mol. The van der Waals surface area contributed by atoms with Crippen LogP contribution in [-0.2, 0) is 0 Å². The van der Waals surface area contributed by atoms with Crippen molar-refractivity contribution in [3.8, 4) is 23.0 Å². The molecule has 2 aromatic carbocycles. The Morgan fingerprint density at radius 1 is 1.09 bits per heavy atom. The standard InChI is InChI=1S/C18H14O5/c1-20-16-8-12(9-17-18(16)23-10-22-17)3-2-11-6-14(19)13-4-5-21-15(13)7-11/h2-9,19H,10H2,1H3/b3-2+. The van der Waals surface area contributed by atoms with Crippen LogP contribution in [0.15, 0.2) is 41.0 Å². The predicted octanol–water partition coefficient (Wildman–Crippen LogP) is 4.05. The summed E-state index contributed by atoms with van der Waals surface area (Å²) in [5.74, 6) is 2.11. The molecule has 0 saturated heterocycles. The van der Waals surface area contributed by atoms with Crippen molar-refractivity contribution in [2.24, 2.45) is 0 Å². The average Bonchev–Trinajstić information content (AvgIpc) is 3.20. The lowest BCUT2D eigenvalue weighted by Gasteiger charge is -2.05. The Hall–Kier alpha value is -3.08. The number of phenols is 1. The molecule has 2 heterocycles. The molecule has 23 heavy (non-hydrogen) atoms. The van der Waals surface area contributed by atoms with Crippen LogP contribution >= 0.6 is 0 Å². The summed E-state index contributed by atoms with van der Waals surface area (Å²) in [5.41, 5.74) is 2.39. The summed E-state index contributed by atoms with van der Waals surface area (Å²) in [5, 5.41) is 10.7. The number of methoxy groups -OCH3 is 1. The van der Waals surface area contributed by atoms with Gasteiger partial charge in [0, 0.05) is 0 Å². The van der Waals surface area contributed by atoms with Crippen molar-refractivity contribution in [3.05, 3.63) is 47.7 Å². The zero-order valence-electron chi connectivity index (χ0n) is 12.4. The van der Waals surface area contributed by atoms with Crippen molar-refractivity contribution < 1.29 is 23.7 Å². The Labute approximate surface area is 132 Å². The summed E-state index contributed by atoms with van der Waals surface area (Å²) < 4.78 is 21.4. The molecule has 0 bridgehead atoms. The van der Waals surface area contributed by atoms with E-state index in [9.17, 15) is 5.11 Å². The van der Waals surface area contributed by atoms with Gasteiger partial charge in [0.05, 0.1) is 18.8 Å². The molecular weight excluding hydrogens is 296 g/mol. The summed E-state index contributed by atoms with van der Waals surface area (Å²) in [6.07, 6.45) is 5.35. The first-order chi connectivity index (χ1) is 11.2. The van der Waals surface area contributed by atoms with Gasteiger partial charge in [-0.05, 0) is 41.5 Å². The third kappa shape index (κ3) is 2.36. The minimum absolute atomic E-state index is 0.194. The van der Waals surface area contributed by atoms with Crippen molar-refractivity contribution >= 4 is 23.1 Å². The molecule has 0 aliphatic carbocycles. The van der Waals surface area contributed by atoms with Gasteiger partial charge in [-0.3, -0.25) is 0 Å². The van der Waals surface area contributed by atoms with E-state index in [1.165, 1.54) is 0 Å². The molecule has 3 aromatic rings. The fourth-order valence-corrected chi connectivity index (χ4v) is 2.61. The Morgan fingerprint density at radius 2 is 1.91 bits per heavy atom. The van der Waals surface area contributed by atoms with Crippen LogP contribution in [-0.4, -0.2) is 19.0 Å². The van der Waals surface area contributed by atoms with Gasteiger partial charge >= 0.3 is 0 Å². The van der Waals surface area contributed by atoms with Gasteiger partial charge in [0.2, 0.25) is 12.5 Å². The molecule has 5 heteroatoms. The molecule has 5 nitrogen and oxygen atoms in total. The summed E-state index contributed by atoms with van der Waals surface area (Å²) in [6.45, 7) is 0.196. The van der Waals surface area contributed by atoms with Crippen molar-refractivity contribution in [3.63, 3.8) is 0 Å². The van der Waals surface area contributed by atoms with Crippen LogP contribution in [0.5, 0.6) is 23.0 Å². The summed E-state index contributed by atoms with van der Waals surface area (Å²) in [4.78, 5) is 0. The van der Waals surface area contributed by atoms with E-state index in [-0.39, 0.29) is 12.5 Å². The van der Waals surface area contributed by atoms with Crippen molar-refractivity contribution in [1.29, 1.82) is 0 Å². The van der Waals surface area contributed by atoms with Gasteiger partial charge in [-0.1, -0.05) is 12.2 Å². The zero-order valence-corrected chi connectivity index (χ0v) is 12.4. The Bertz CT molecular complexity index is 907. The second-order valence-electron chi connectivity index (χ2n) is 5.16. The lowest BCUT2D eigenvalue weighted by molar-refractivity contribution is 0.171. The first kappa shape index (κ1) is 13.6. The fourth-order valence-electron chi connectivity index (χ4n) is 2.61. The monoisotopic (exact) mass is 310 g/mol. The van der Waals surface area contributed by atoms with E-state index in [0.29, 0.717) is 28.2 Å². The van der Waals surface area contributed by atoms with Crippen molar-refractivity contribution in [2.75, 3.05) is 13.9 Å². The van der Waals surface area contributed by atoms with Crippen LogP contribution in [0.3, 0.4) is 0 Å². The highest BCUT2D eigenvalue weighted by atomic mass is 16.7. The molecule has 1 N–H and O–H groups in total. The number of furan rings is 1. The van der Waals surface area contributed by atoms with E-state index >= 15 is 0 Å². The van der Waals surface area contributed by atoms with E-state index in [2.05, 4.69) is 0 Å². The molecule has 0 spiro atoms. The molecule has 1 aromatic heterocycles. The van der Waals surface area contributed by atoms with Crippen LogP contribution in [0, 0.1) is 0 Å². The van der Waals surface area contributed by atoms with Crippen LogP contribution in [0.1, 0.15) is 11.1 Å². The summed E-state index contributed by atoms with van der Waals surface area (Å²) in [7, 11) is 1.59. The van der Waals surface area contributed by atoms with Crippen LogP contribution < -0.4 is 14.2 Å². The lowest BCUT2D eigenvalue weighted by atomic mass is 10.1. The van der Waals surface area contributed by atoms with Gasteiger partial charge < -0.3 is 23.7 Å². The molecule has 4 rings (SSSR count). The number of aromatic hydroxyl groups is 1. The normalized spacial score (nSPS) is 13.1. The maximum Gasteiger partial charge on any atom is 0.231 e. The number of fused-ring (bicyclic) bond motifs is 2. The average molecular weight is 310 g/mol. The number of ether oxygens (including phenoxy) is 3. The molecule has 0 amide bonds. The fraction of sp³-hybridized carbons (Fsp3) is 0.111. The first-order valence-electron chi connectivity index (χ1n) is 7.10. The molecule has 0 fully saturated rings. The Balaban J connectivity index is 1.70. The van der Waals surface area contributed by atoms with Gasteiger partial charge in [-0.25, -0.2) is 0 Å². The number of phenolic OH excluding ortho intramolecular Hbond substituents is 1. The van der Waals surface area contributed by atoms with Crippen molar-refractivity contribution in [2.45, 2.75) is 0 Å². The van der Waals surface area contributed by atoms with E-state index in [4.69, 9.17) is 18.6 Å². The highest BCUT2D eigenvalue weighted by Gasteiger charge is 2.19. The quantitative estimate of drug-likeness (QED) is 0.740. The zero-order chi connectivity index (χ0) is 15.8.